The molecule has 7 nitrogen and oxygen atoms in total. The third-order valence-electron chi connectivity index (χ3n) is 4.56. The second-order valence-corrected chi connectivity index (χ2v) is 8.00. The molecule has 0 spiro atoms. The fourth-order valence-corrected chi connectivity index (χ4v) is 4.61. The predicted molar refractivity (Wildman–Crippen MR) is 92.9 cm³/mol. The highest BCUT2D eigenvalue weighted by atomic mass is 32.2. The monoisotopic (exact) mass is 360 g/mol. The molecule has 132 valence electrons. The van der Waals surface area contributed by atoms with Crippen LogP contribution in [0.1, 0.15) is 23.4 Å². The summed E-state index contributed by atoms with van der Waals surface area (Å²) in [6.07, 6.45) is 0.943. The van der Waals surface area contributed by atoms with Gasteiger partial charge in [-0.05, 0) is 25.5 Å². The molecular formula is C17H20N4O3S. The van der Waals surface area contributed by atoms with Crippen molar-refractivity contribution in [2.24, 2.45) is 4.40 Å². The van der Waals surface area contributed by atoms with Gasteiger partial charge in [0.25, 0.3) is 10.0 Å². The van der Waals surface area contributed by atoms with Gasteiger partial charge in [0.05, 0.1) is 5.69 Å². The third kappa shape index (κ3) is 3.19. The van der Waals surface area contributed by atoms with E-state index in [1.165, 1.54) is 0 Å². The Morgan fingerprint density at radius 1 is 1.16 bits per heavy atom. The van der Waals surface area contributed by atoms with Gasteiger partial charge in [0.1, 0.15) is 10.7 Å². The van der Waals surface area contributed by atoms with Crippen LogP contribution in [0.4, 0.5) is 0 Å². The molecule has 1 fully saturated rings. The summed E-state index contributed by atoms with van der Waals surface area (Å²) in [6, 6.07) is 9.00. The zero-order valence-electron chi connectivity index (χ0n) is 14.1. The first kappa shape index (κ1) is 16.3. The van der Waals surface area contributed by atoms with Crippen molar-refractivity contribution < 1.29 is 12.9 Å². The lowest BCUT2D eigenvalue weighted by atomic mass is 10.2. The topological polar surface area (TPSA) is 79.0 Å². The zero-order chi connectivity index (χ0) is 17.4. The molecule has 2 aliphatic heterocycles. The molecule has 0 N–H and O–H groups in total. The van der Waals surface area contributed by atoms with Crippen LogP contribution >= 0.6 is 0 Å². The Bertz CT molecular complexity index is 919. The molecule has 25 heavy (non-hydrogen) atoms. The number of rotatable bonds is 2. The lowest BCUT2D eigenvalue weighted by molar-refractivity contribution is 0.267. The number of aryl methyl sites for hydroxylation is 1. The maximum absolute atomic E-state index is 12.3. The summed E-state index contributed by atoms with van der Waals surface area (Å²) in [4.78, 5) is 4.70. The molecule has 0 bridgehead atoms. The number of sulfonamides is 1. The van der Waals surface area contributed by atoms with Crippen molar-refractivity contribution >= 4 is 15.9 Å². The Morgan fingerprint density at radius 2 is 2.00 bits per heavy atom. The molecule has 0 saturated carbocycles. The van der Waals surface area contributed by atoms with Gasteiger partial charge in [-0.3, -0.25) is 4.90 Å². The van der Waals surface area contributed by atoms with Crippen molar-refractivity contribution in [2.45, 2.75) is 24.8 Å². The van der Waals surface area contributed by atoms with Crippen molar-refractivity contribution in [1.29, 1.82) is 0 Å². The minimum absolute atomic E-state index is 0.309. The van der Waals surface area contributed by atoms with E-state index in [-0.39, 0.29) is 0 Å². The SMILES string of the molecule is Cc1cc(CN2CCCN(C3=NS(=O)(=O)c4ccccc43)CC2)no1. The van der Waals surface area contributed by atoms with Crippen LogP contribution in [0.25, 0.3) is 0 Å². The van der Waals surface area contributed by atoms with Gasteiger partial charge in [-0.2, -0.15) is 8.42 Å². The molecule has 0 amide bonds. The van der Waals surface area contributed by atoms with E-state index in [9.17, 15) is 8.42 Å². The summed E-state index contributed by atoms with van der Waals surface area (Å²) >= 11 is 0. The summed E-state index contributed by atoms with van der Waals surface area (Å²) in [5, 5.41) is 4.05. The summed E-state index contributed by atoms with van der Waals surface area (Å²) in [5.41, 5.74) is 1.64. The number of benzene rings is 1. The molecule has 0 unspecified atom stereocenters. The number of amidine groups is 1. The molecule has 0 aliphatic carbocycles. The van der Waals surface area contributed by atoms with Gasteiger partial charge >= 0.3 is 0 Å². The van der Waals surface area contributed by atoms with E-state index in [1.54, 1.807) is 12.1 Å². The van der Waals surface area contributed by atoms with Crippen LogP contribution in [0, 0.1) is 6.92 Å². The zero-order valence-corrected chi connectivity index (χ0v) is 14.9. The van der Waals surface area contributed by atoms with Crippen molar-refractivity contribution in [2.75, 3.05) is 26.2 Å². The van der Waals surface area contributed by atoms with Gasteiger partial charge in [0.15, 0.2) is 5.84 Å². The first-order valence-corrected chi connectivity index (χ1v) is 9.81. The van der Waals surface area contributed by atoms with Crippen molar-refractivity contribution in [3.63, 3.8) is 0 Å². The molecule has 8 heteroatoms. The fourth-order valence-electron chi connectivity index (χ4n) is 3.38. The molecule has 1 saturated heterocycles. The number of hydrogen-bond acceptors (Lipinski definition) is 6. The highest BCUT2D eigenvalue weighted by Gasteiger charge is 2.32. The van der Waals surface area contributed by atoms with Gasteiger partial charge < -0.3 is 9.42 Å². The summed E-state index contributed by atoms with van der Waals surface area (Å²) < 4.78 is 33.7. The van der Waals surface area contributed by atoms with E-state index in [0.717, 1.165) is 50.6 Å². The first-order valence-electron chi connectivity index (χ1n) is 8.37. The normalized spacial score (nSPS) is 20.2. The van der Waals surface area contributed by atoms with Crippen LogP contribution in [0.2, 0.25) is 0 Å². The van der Waals surface area contributed by atoms with Crippen LogP contribution < -0.4 is 0 Å². The van der Waals surface area contributed by atoms with Gasteiger partial charge in [-0.15, -0.1) is 4.40 Å². The van der Waals surface area contributed by atoms with Crippen LogP contribution in [-0.2, 0) is 16.6 Å². The maximum atomic E-state index is 12.3. The number of nitrogens with zero attached hydrogens (tertiary/aromatic N) is 4. The van der Waals surface area contributed by atoms with Gasteiger partial charge in [0.2, 0.25) is 0 Å². The molecule has 2 aliphatic rings. The van der Waals surface area contributed by atoms with E-state index < -0.39 is 10.0 Å². The molecule has 0 radical (unpaired) electrons. The Morgan fingerprint density at radius 3 is 2.80 bits per heavy atom. The molecule has 0 atom stereocenters. The Labute approximate surface area is 147 Å². The fraction of sp³-hybridized carbons (Fsp3) is 0.412. The Kier molecular flexibility index (Phi) is 4.09. The molecular weight excluding hydrogens is 340 g/mol. The summed E-state index contributed by atoms with van der Waals surface area (Å²) in [7, 11) is -3.57. The van der Waals surface area contributed by atoms with Gasteiger partial charge in [-0.1, -0.05) is 17.3 Å². The van der Waals surface area contributed by atoms with Crippen molar-refractivity contribution in [1.82, 2.24) is 15.0 Å². The molecule has 4 rings (SSSR count). The second kappa shape index (κ2) is 6.27. The van der Waals surface area contributed by atoms with E-state index in [1.807, 2.05) is 25.1 Å². The molecule has 1 aromatic heterocycles. The van der Waals surface area contributed by atoms with E-state index >= 15 is 0 Å². The summed E-state index contributed by atoms with van der Waals surface area (Å²) in [5.74, 6) is 1.39. The van der Waals surface area contributed by atoms with E-state index in [2.05, 4.69) is 19.4 Å². The molecule has 2 aromatic rings. The van der Waals surface area contributed by atoms with Crippen LogP contribution in [0.3, 0.4) is 0 Å². The number of hydrogen-bond donors (Lipinski definition) is 0. The highest BCUT2D eigenvalue weighted by Crippen LogP contribution is 2.27. The Hall–Kier alpha value is -2.19. The van der Waals surface area contributed by atoms with Crippen molar-refractivity contribution in [3.05, 3.63) is 47.3 Å². The van der Waals surface area contributed by atoms with E-state index in [4.69, 9.17) is 4.52 Å². The van der Waals surface area contributed by atoms with Gasteiger partial charge in [-0.25, -0.2) is 0 Å². The lowest BCUT2D eigenvalue weighted by Gasteiger charge is -2.23. The minimum atomic E-state index is -3.57. The smallest absolute Gasteiger partial charge is 0.285 e. The van der Waals surface area contributed by atoms with Crippen LogP contribution in [0.5, 0.6) is 0 Å². The predicted octanol–water partition coefficient (Wildman–Crippen LogP) is 1.64. The lowest BCUT2D eigenvalue weighted by Crippen LogP contribution is -2.35. The molecule has 1 aromatic carbocycles. The largest absolute Gasteiger partial charge is 0.361 e. The van der Waals surface area contributed by atoms with Crippen LogP contribution in [-0.4, -0.2) is 55.4 Å². The number of fused-ring (bicyclic) bond motifs is 1. The third-order valence-corrected chi connectivity index (χ3v) is 5.89. The van der Waals surface area contributed by atoms with Gasteiger partial charge in [0, 0.05) is 44.4 Å². The quantitative estimate of drug-likeness (QED) is 0.810. The van der Waals surface area contributed by atoms with E-state index in [0.29, 0.717) is 16.3 Å². The minimum Gasteiger partial charge on any atom is -0.361 e. The molecule has 3 heterocycles. The summed E-state index contributed by atoms with van der Waals surface area (Å²) in [6.45, 7) is 5.91. The average Bonchev–Trinajstić information content (AvgIpc) is 3.01. The number of aromatic nitrogens is 1. The van der Waals surface area contributed by atoms with Crippen LogP contribution in [0.15, 0.2) is 44.1 Å². The maximum Gasteiger partial charge on any atom is 0.285 e. The average molecular weight is 360 g/mol. The Balaban J connectivity index is 1.50. The standard InChI is InChI=1S/C17H20N4O3S/c1-13-11-14(18-24-13)12-20-7-4-8-21(10-9-20)17-15-5-2-3-6-16(15)25(22,23)19-17/h2-3,5-6,11H,4,7-10,12H2,1H3. The van der Waals surface area contributed by atoms with Crippen molar-refractivity contribution in [3.8, 4) is 0 Å². The first-order chi connectivity index (χ1) is 12.0. The second-order valence-electron chi connectivity index (χ2n) is 6.43. The highest BCUT2D eigenvalue weighted by molar-refractivity contribution is 7.90.